The number of guanidine groups is 1. The van der Waals surface area contributed by atoms with Crippen LogP contribution in [0.15, 0.2) is 23.2 Å². The van der Waals surface area contributed by atoms with E-state index in [1.165, 1.54) is 31.2 Å². The Kier molecular flexibility index (Phi) is 6.25. The van der Waals surface area contributed by atoms with Crippen LogP contribution in [0, 0.1) is 0 Å². The molecule has 0 saturated heterocycles. The van der Waals surface area contributed by atoms with Crippen molar-refractivity contribution in [2.24, 2.45) is 4.99 Å². The van der Waals surface area contributed by atoms with Crippen LogP contribution in [0.4, 0.5) is 0 Å². The van der Waals surface area contributed by atoms with Gasteiger partial charge >= 0.3 is 0 Å². The third-order valence-electron chi connectivity index (χ3n) is 5.33. The fourth-order valence-corrected chi connectivity index (χ4v) is 3.97. The number of hydrogen-bond acceptors (Lipinski definition) is 4. The summed E-state index contributed by atoms with van der Waals surface area (Å²) in [5, 5.41) is 6.91. The molecule has 1 atom stereocenters. The van der Waals surface area contributed by atoms with Crippen LogP contribution in [0.2, 0.25) is 0 Å². The molecule has 1 heterocycles. The minimum atomic E-state index is 0.109. The molecule has 0 radical (unpaired) electrons. The summed E-state index contributed by atoms with van der Waals surface area (Å²) < 4.78 is 16.7. The quantitative estimate of drug-likeness (QED) is 0.602. The maximum Gasteiger partial charge on any atom is 0.191 e. The van der Waals surface area contributed by atoms with Gasteiger partial charge in [0.25, 0.3) is 0 Å². The minimum absolute atomic E-state index is 0.109. The van der Waals surface area contributed by atoms with Crippen molar-refractivity contribution in [1.29, 1.82) is 0 Å². The molecule has 26 heavy (non-hydrogen) atoms. The van der Waals surface area contributed by atoms with Crippen LogP contribution in [-0.4, -0.2) is 52.5 Å². The molecule has 1 fully saturated rings. The normalized spacial score (nSPS) is 19.9. The van der Waals surface area contributed by atoms with Crippen LogP contribution < -0.4 is 20.1 Å². The molecule has 6 nitrogen and oxygen atoms in total. The second kappa shape index (κ2) is 8.62. The number of aliphatic imine (C=N–C) groups is 1. The van der Waals surface area contributed by atoms with Gasteiger partial charge in [0.2, 0.25) is 0 Å². The van der Waals surface area contributed by atoms with Crippen LogP contribution in [0.3, 0.4) is 0 Å². The van der Waals surface area contributed by atoms with Crippen LogP contribution in [0.25, 0.3) is 0 Å². The van der Waals surface area contributed by atoms with Gasteiger partial charge in [-0.1, -0.05) is 18.9 Å². The Morgan fingerprint density at radius 2 is 1.96 bits per heavy atom. The van der Waals surface area contributed by atoms with E-state index in [1.54, 1.807) is 14.2 Å². The van der Waals surface area contributed by atoms with Crippen molar-refractivity contribution in [1.82, 2.24) is 10.6 Å². The minimum Gasteiger partial charge on any atom is -0.486 e. The zero-order valence-corrected chi connectivity index (χ0v) is 16.1. The average molecular weight is 361 g/mol. The van der Waals surface area contributed by atoms with Crippen LogP contribution >= 0.6 is 0 Å². The molecule has 0 amide bonds. The lowest BCUT2D eigenvalue weighted by molar-refractivity contribution is 0.171. The number of fused-ring (bicyclic) bond motifs is 1. The zero-order chi connectivity index (χ0) is 18.4. The smallest absolute Gasteiger partial charge is 0.191 e. The molecule has 1 unspecified atom stereocenters. The fraction of sp³-hybridized carbons (Fsp3) is 0.650. The average Bonchev–Trinajstić information content (AvgIpc) is 3.15. The Morgan fingerprint density at radius 1 is 1.23 bits per heavy atom. The van der Waals surface area contributed by atoms with E-state index in [0.29, 0.717) is 19.8 Å². The van der Waals surface area contributed by atoms with E-state index < -0.39 is 0 Å². The van der Waals surface area contributed by atoms with Crippen molar-refractivity contribution in [3.8, 4) is 11.5 Å². The van der Waals surface area contributed by atoms with Crippen LogP contribution in [0.1, 0.15) is 38.2 Å². The van der Waals surface area contributed by atoms with E-state index in [-0.39, 0.29) is 11.5 Å². The summed E-state index contributed by atoms with van der Waals surface area (Å²) in [6.45, 7) is 4.83. The highest BCUT2D eigenvalue weighted by Crippen LogP contribution is 2.43. The van der Waals surface area contributed by atoms with Crippen molar-refractivity contribution in [3.63, 3.8) is 0 Å². The predicted molar refractivity (Wildman–Crippen MR) is 103 cm³/mol. The highest BCUT2D eigenvalue weighted by atomic mass is 16.6. The van der Waals surface area contributed by atoms with Crippen LogP contribution in [0.5, 0.6) is 11.5 Å². The molecule has 1 saturated carbocycles. The lowest BCUT2D eigenvalue weighted by Crippen LogP contribution is -2.48. The summed E-state index contributed by atoms with van der Waals surface area (Å²) in [4.78, 5) is 4.36. The molecule has 1 aromatic carbocycles. The number of methoxy groups -OCH3 is 1. The predicted octanol–water partition coefficient (Wildman–Crippen LogP) is 2.47. The maximum absolute atomic E-state index is 5.80. The summed E-state index contributed by atoms with van der Waals surface area (Å²) in [7, 11) is 3.52. The molecule has 1 aliphatic carbocycles. The van der Waals surface area contributed by atoms with Gasteiger partial charge in [-0.3, -0.25) is 4.99 Å². The Morgan fingerprint density at radius 3 is 2.65 bits per heavy atom. The Balaban J connectivity index is 1.72. The molecule has 0 spiro atoms. The number of nitrogens with zero attached hydrogens (tertiary/aromatic N) is 1. The van der Waals surface area contributed by atoms with Gasteiger partial charge < -0.3 is 24.8 Å². The topological polar surface area (TPSA) is 64.1 Å². The SMILES string of the molecule is CN=C(NCC1(c2ccc3c(c2)OCCO3)CCCC1)NC(C)COC. The Bertz CT molecular complexity index is 627. The fourth-order valence-electron chi connectivity index (χ4n) is 3.97. The van der Waals surface area contributed by atoms with Gasteiger partial charge in [-0.15, -0.1) is 0 Å². The lowest BCUT2D eigenvalue weighted by Gasteiger charge is -2.32. The Labute approximate surface area is 156 Å². The Hall–Kier alpha value is -1.95. The number of ether oxygens (including phenoxy) is 3. The molecule has 1 aliphatic heterocycles. The van der Waals surface area contributed by atoms with E-state index in [1.807, 2.05) is 0 Å². The third kappa shape index (κ3) is 4.23. The molecule has 6 heteroatoms. The lowest BCUT2D eigenvalue weighted by atomic mass is 9.78. The summed E-state index contributed by atoms with van der Waals surface area (Å²) in [6.07, 6.45) is 4.85. The molecular weight excluding hydrogens is 330 g/mol. The first-order valence-electron chi connectivity index (χ1n) is 9.53. The summed E-state index contributed by atoms with van der Waals surface area (Å²) in [6, 6.07) is 6.63. The van der Waals surface area contributed by atoms with E-state index >= 15 is 0 Å². The van der Waals surface area contributed by atoms with Crippen molar-refractivity contribution in [2.45, 2.75) is 44.1 Å². The van der Waals surface area contributed by atoms with Gasteiger partial charge in [-0.25, -0.2) is 0 Å². The summed E-state index contributed by atoms with van der Waals surface area (Å²) in [5.74, 6) is 2.54. The van der Waals surface area contributed by atoms with Crippen molar-refractivity contribution in [2.75, 3.05) is 40.5 Å². The number of nitrogens with one attached hydrogen (secondary N) is 2. The molecule has 0 aromatic heterocycles. The molecule has 1 aromatic rings. The second-order valence-electron chi connectivity index (χ2n) is 7.27. The molecule has 0 bridgehead atoms. The largest absolute Gasteiger partial charge is 0.486 e. The van der Waals surface area contributed by atoms with E-state index in [0.717, 1.165) is 24.0 Å². The summed E-state index contributed by atoms with van der Waals surface area (Å²) in [5.41, 5.74) is 1.44. The van der Waals surface area contributed by atoms with Crippen LogP contribution in [-0.2, 0) is 10.2 Å². The molecule has 2 aliphatic rings. The van der Waals surface area contributed by atoms with Gasteiger partial charge in [-0.2, -0.15) is 0 Å². The van der Waals surface area contributed by atoms with Gasteiger partial charge in [0.05, 0.1) is 6.61 Å². The highest BCUT2D eigenvalue weighted by Gasteiger charge is 2.36. The van der Waals surface area contributed by atoms with Gasteiger partial charge in [0.15, 0.2) is 17.5 Å². The molecule has 3 rings (SSSR count). The van der Waals surface area contributed by atoms with Crippen molar-refractivity contribution in [3.05, 3.63) is 23.8 Å². The molecular formula is C20H31N3O3. The second-order valence-corrected chi connectivity index (χ2v) is 7.27. The first kappa shape index (κ1) is 18.8. The highest BCUT2D eigenvalue weighted by molar-refractivity contribution is 5.80. The van der Waals surface area contributed by atoms with E-state index in [9.17, 15) is 0 Å². The summed E-state index contributed by atoms with van der Waals surface area (Å²) >= 11 is 0. The van der Waals surface area contributed by atoms with E-state index in [4.69, 9.17) is 14.2 Å². The zero-order valence-electron chi connectivity index (χ0n) is 16.1. The number of rotatable bonds is 6. The molecule has 2 N–H and O–H groups in total. The monoisotopic (exact) mass is 361 g/mol. The van der Waals surface area contributed by atoms with Gasteiger partial charge in [-0.05, 0) is 37.5 Å². The molecule has 144 valence electrons. The first-order chi connectivity index (χ1) is 12.7. The van der Waals surface area contributed by atoms with Crippen molar-refractivity contribution < 1.29 is 14.2 Å². The standard InChI is InChI=1S/C20H31N3O3/c1-15(13-24-3)23-19(21-2)22-14-20(8-4-5-9-20)16-6-7-17-18(12-16)26-11-10-25-17/h6-7,12,15H,4-5,8-11,13-14H2,1-3H3,(H2,21,22,23). The van der Waals surface area contributed by atoms with Gasteiger partial charge in [0, 0.05) is 32.2 Å². The maximum atomic E-state index is 5.80. The number of hydrogen-bond donors (Lipinski definition) is 2. The third-order valence-corrected chi connectivity index (χ3v) is 5.33. The van der Waals surface area contributed by atoms with Gasteiger partial charge in [0.1, 0.15) is 13.2 Å². The first-order valence-corrected chi connectivity index (χ1v) is 9.53. The van der Waals surface area contributed by atoms with E-state index in [2.05, 4.69) is 40.7 Å². The van der Waals surface area contributed by atoms with Crippen molar-refractivity contribution >= 4 is 5.96 Å². The number of benzene rings is 1.